The first-order chi connectivity index (χ1) is 13.1. The van der Waals surface area contributed by atoms with Crippen LogP contribution in [-0.4, -0.2) is 11.2 Å². The first-order valence-corrected chi connectivity index (χ1v) is 9.86. The van der Waals surface area contributed by atoms with Crippen LogP contribution in [0, 0.1) is 0 Å². The number of carbonyl (C=O) groups excluding carboxylic acids is 1. The summed E-state index contributed by atoms with van der Waals surface area (Å²) < 4.78 is 5.76. The number of carbonyl (C=O) groups is 1. The van der Waals surface area contributed by atoms with E-state index in [1.165, 1.54) is 11.8 Å². The summed E-state index contributed by atoms with van der Waals surface area (Å²) in [4.78, 5) is 13.4. The van der Waals surface area contributed by atoms with Gasteiger partial charge in [0.25, 0.3) is 0 Å². The van der Waals surface area contributed by atoms with Crippen molar-refractivity contribution in [1.82, 2.24) is 0 Å². The van der Waals surface area contributed by atoms with Crippen molar-refractivity contribution in [1.29, 1.82) is 0 Å². The lowest BCUT2D eigenvalue weighted by Crippen LogP contribution is -2.22. The summed E-state index contributed by atoms with van der Waals surface area (Å²) in [5.41, 5.74) is 1.86. The van der Waals surface area contributed by atoms with Gasteiger partial charge in [0, 0.05) is 15.6 Å². The molecule has 3 nitrogen and oxygen atoms in total. The quantitative estimate of drug-likeness (QED) is 0.494. The normalized spacial score (nSPS) is 11.6. The van der Waals surface area contributed by atoms with E-state index in [0.717, 1.165) is 21.9 Å². The summed E-state index contributed by atoms with van der Waals surface area (Å²) in [5, 5.41) is 3.40. The second-order valence-electron chi connectivity index (χ2n) is 6.00. The van der Waals surface area contributed by atoms with E-state index in [9.17, 15) is 4.79 Å². The summed E-state index contributed by atoms with van der Waals surface area (Å²) in [6, 6.07) is 24.9. The van der Waals surface area contributed by atoms with E-state index in [0.29, 0.717) is 11.6 Å². The minimum Gasteiger partial charge on any atom is -0.489 e. The first-order valence-electron chi connectivity index (χ1n) is 8.60. The summed E-state index contributed by atoms with van der Waals surface area (Å²) in [6.45, 7) is 2.40. The zero-order chi connectivity index (χ0) is 19.1. The van der Waals surface area contributed by atoms with Crippen LogP contribution in [0.1, 0.15) is 12.5 Å². The van der Waals surface area contributed by atoms with Gasteiger partial charge in [0.15, 0.2) is 0 Å². The molecule has 0 aliphatic rings. The van der Waals surface area contributed by atoms with E-state index in [4.69, 9.17) is 16.3 Å². The van der Waals surface area contributed by atoms with Gasteiger partial charge in [0.05, 0.1) is 5.25 Å². The molecule has 0 spiro atoms. The number of ether oxygens (including phenoxy) is 1. The number of thioether (sulfide) groups is 1. The number of amides is 1. The topological polar surface area (TPSA) is 38.3 Å². The van der Waals surface area contributed by atoms with E-state index >= 15 is 0 Å². The summed E-state index contributed by atoms with van der Waals surface area (Å²) in [7, 11) is 0. The lowest BCUT2D eigenvalue weighted by atomic mass is 10.2. The molecule has 0 saturated carbocycles. The molecule has 1 amide bonds. The van der Waals surface area contributed by atoms with E-state index in [1.54, 1.807) is 0 Å². The van der Waals surface area contributed by atoms with Gasteiger partial charge in [0.2, 0.25) is 5.91 Å². The third kappa shape index (κ3) is 6.05. The fourth-order valence-electron chi connectivity index (χ4n) is 2.39. The van der Waals surface area contributed by atoms with Gasteiger partial charge in [-0.25, -0.2) is 0 Å². The van der Waals surface area contributed by atoms with Crippen LogP contribution in [-0.2, 0) is 11.4 Å². The molecule has 5 heteroatoms. The minimum atomic E-state index is -0.222. The number of nitrogens with one attached hydrogen (secondary N) is 1. The molecule has 3 rings (SSSR count). The average molecular weight is 398 g/mol. The molecule has 138 valence electrons. The molecule has 0 saturated heterocycles. The van der Waals surface area contributed by atoms with Crippen LogP contribution >= 0.6 is 23.4 Å². The van der Waals surface area contributed by atoms with Crippen LogP contribution in [0.2, 0.25) is 5.02 Å². The average Bonchev–Trinajstić information content (AvgIpc) is 2.70. The minimum absolute atomic E-state index is 0.0482. The Bertz CT molecular complexity index is 867. The van der Waals surface area contributed by atoms with Crippen molar-refractivity contribution >= 4 is 35.0 Å². The first kappa shape index (κ1) is 19.3. The molecule has 0 radical (unpaired) electrons. The van der Waals surface area contributed by atoms with Crippen molar-refractivity contribution in [3.8, 4) is 5.75 Å². The third-order valence-electron chi connectivity index (χ3n) is 3.87. The van der Waals surface area contributed by atoms with Crippen molar-refractivity contribution in [2.45, 2.75) is 23.7 Å². The van der Waals surface area contributed by atoms with Gasteiger partial charge < -0.3 is 10.1 Å². The molecule has 0 aliphatic heterocycles. The number of hydrogen-bond acceptors (Lipinski definition) is 3. The summed E-state index contributed by atoms with van der Waals surface area (Å²) in [6.07, 6.45) is 0. The van der Waals surface area contributed by atoms with Crippen LogP contribution in [0.15, 0.2) is 83.8 Å². The number of halogens is 1. The van der Waals surface area contributed by atoms with Crippen molar-refractivity contribution in [3.63, 3.8) is 0 Å². The Morgan fingerprint density at radius 1 is 1.00 bits per heavy atom. The van der Waals surface area contributed by atoms with Gasteiger partial charge >= 0.3 is 0 Å². The molecule has 0 heterocycles. The van der Waals surface area contributed by atoms with Gasteiger partial charge in [-0.3, -0.25) is 4.79 Å². The molecule has 3 aromatic carbocycles. The Labute approximate surface area is 168 Å². The number of benzene rings is 3. The van der Waals surface area contributed by atoms with E-state index < -0.39 is 0 Å². The van der Waals surface area contributed by atoms with Gasteiger partial charge in [-0.2, -0.15) is 0 Å². The van der Waals surface area contributed by atoms with Crippen LogP contribution in [0.5, 0.6) is 5.75 Å². The van der Waals surface area contributed by atoms with E-state index in [2.05, 4.69) is 5.32 Å². The van der Waals surface area contributed by atoms with Crippen LogP contribution in [0.3, 0.4) is 0 Å². The van der Waals surface area contributed by atoms with Crippen molar-refractivity contribution < 1.29 is 9.53 Å². The maximum Gasteiger partial charge on any atom is 0.237 e. The molecule has 0 fully saturated rings. The Balaban J connectivity index is 1.51. The van der Waals surface area contributed by atoms with Gasteiger partial charge in [-0.15, -0.1) is 11.8 Å². The highest BCUT2D eigenvalue weighted by atomic mass is 35.5. The lowest BCUT2D eigenvalue weighted by Gasteiger charge is -2.13. The second-order valence-corrected chi connectivity index (χ2v) is 7.85. The monoisotopic (exact) mass is 397 g/mol. The maximum absolute atomic E-state index is 12.4. The predicted octanol–water partition coefficient (Wildman–Crippen LogP) is 6.04. The number of rotatable bonds is 7. The molecule has 0 unspecified atom stereocenters. The standard InChI is InChI=1S/C22H20ClNO2S/c1-16(27-21-13-7-18(23)8-14-21)22(25)24-19-9-11-20(12-10-19)26-15-17-5-3-2-4-6-17/h2-14,16H,15H2,1H3,(H,24,25)/t16-/m0/s1. The van der Waals surface area contributed by atoms with Crippen molar-refractivity contribution in [3.05, 3.63) is 89.4 Å². The second kappa shape index (κ2) is 9.49. The Hall–Kier alpha value is -2.43. The third-order valence-corrected chi connectivity index (χ3v) is 5.23. The van der Waals surface area contributed by atoms with E-state index in [-0.39, 0.29) is 11.2 Å². The smallest absolute Gasteiger partial charge is 0.237 e. The highest BCUT2D eigenvalue weighted by Gasteiger charge is 2.14. The SMILES string of the molecule is C[C@H](Sc1ccc(Cl)cc1)C(=O)Nc1ccc(OCc2ccccc2)cc1. The largest absolute Gasteiger partial charge is 0.489 e. The molecule has 0 bridgehead atoms. The predicted molar refractivity (Wildman–Crippen MR) is 113 cm³/mol. The van der Waals surface area contributed by atoms with Crippen molar-refractivity contribution in [2.24, 2.45) is 0 Å². The molecular formula is C22H20ClNO2S. The van der Waals surface area contributed by atoms with Gasteiger partial charge in [-0.05, 0) is 61.0 Å². The highest BCUT2D eigenvalue weighted by Crippen LogP contribution is 2.26. The molecule has 27 heavy (non-hydrogen) atoms. The maximum atomic E-state index is 12.4. The molecule has 1 atom stereocenters. The number of anilines is 1. The Morgan fingerprint density at radius 3 is 2.33 bits per heavy atom. The van der Waals surface area contributed by atoms with Crippen LogP contribution < -0.4 is 10.1 Å². The fraction of sp³-hybridized carbons (Fsp3) is 0.136. The van der Waals surface area contributed by atoms with Gasteiger partial charge in [-0.1, -0.05) is 41.9 Å². The van der Waals surface area contributed by atoms with Crippen molar-refractivity contribution in [2.75, 3.05) is 5.32 Å². The zero-order valence-electron chi connectivity index (χ0n) is 14.9. The number of hydrogen-bond donors (Lipinski definition) is 1. The zero-order valence-corrected chi connectivity index (χ0v) is 16.5. The van der Waals surface area contributed by atoms with Crippen LogP contribution in [0.25, 0.3) is 0 Å². The summed E-state index contributed by atoms with van der Waals surface area (Å²) in [5.74, 6) is 0.716. The molecule has 0 aliphatic carbocycles. The van der Waals surface area contributed by atoms with Gasteiger partial charge in [0.1, 0.15) is 12.4 Å². The fourth-order valence-corrected chi connectivity index (χ4v) is 3.38. The molecule has 3 aromatic rings. The molecular weight excluding hydrogens is 378 g/mol. The molecule has 1 N–H and O–H groups in total. The van der Waals surface area contributed by atoms with E-state index in [1.807, 2.05) is 85.8 Å². The lowest BCUT2D eigenvalue weighted by molar-refractivity contribution is -0.115. The highest BCUT2D eigenvalue weighted by molar-refractivity contribution is 8.00. The summed E-state index contributed by atoms with van der Waals surface area (Å²) >= 11 is 7.38. The molecule has 0 aromatic heterocycles. The van der Waals surface area contributed by atoms with Crippen LogP contribution in [0.4, 0.5) is 5.69 Å². The Morgan fingerprint density at radius 2 is 1.67 bits per heavy atom. The Kier molecular flexibility index (Phi) is 6.80.